The van der Waals surface area contributed by atoms with Crippen LogP contribution in [0.2, 0.25) is 0 Å². The first kappa shape index (κ1) is 32.0. The summed E-state index contributed by atoms with van der Waals surface area (Å²) in [6.07, 6.45) is 2.67. The standard InChI is InChI=1S/C32H35F2N5O5S/c33-32(34)44-24-15-25(31(42)38-28(19-6-4-5-7-19)26-14-21(18-45-26)29(35)36)39(17-24)27(40)16-37-30(41)20-10-12-23(13-11-20)43-22-8-2-1-3-9-22/h1-3,8-14,18-19,24-25,28,32H,4-7,15-17H2,(H3,35,36)(H,37,41)(H,38,42)/t24-,25+,28-/m1/s1. The van der Waals surface area contributed by atoms with Crippen LogP contribution in [0.25, 0.3) is 0 Å². The fourth-order valence-electron chi connectivity index (χ4n) is 5.84. The van der Waals surface area contributed by atoms with Crippen LogP contribution < -0.4 is 21.1 Å². The molecule has 238 valence electrons. The van der Waals surface area contributed by atoms with E-state index in [9.17, 15) is 23.2 Å². The Morgan fingerprint density at radius 3 is 2.36 bits per heavy atom. The van der Waals surface area contributed by atoms with Crippen molar-refractivity contribution in [3.05, 3.63) is 82.0 Å². The minimum absolute atomic E-state index is 0.0768. The van der Waals surface area contributed by atoms with Crippen LogP contribution in [0.3, 0.4) is 0 Å². The van der Waals surface area contributed by atoms with E-state index in [2.05, 4.69) is 10.6 Å². The lowest BCUT2D eigenvalue weighted by Gasteiger charge is -2.29. The monoisotopic (exact) mass is 639 g/mol. The van der Waals surface area contributed by atoms with Gasteiger partial charge in [-0.25, -0.2) is 0 Å². The average Bonchev–Trinajstić information content (AvgIpc) is 3.81. The van der Waals surface area contributed by atoms with Crippen LogP contribution in [0, 0.1) is 11.3 Å². The molecule has 0 radical (unpaired) electrons. The van der Waals surface area contributed by atoms with Crippen LogP contribution in [0.4, 0.5) is 8.78 Å². The van der Waals surface area contributed by atoms with E-state index in [1.165, 1.54) is 16.2 Å². The quantitative estimate of drug-likeness (QED) is 0.165. The van der Waals surface area contributed by atoms with Gasteiger partial charge in [0.25, 0.3) is 5.91 Å². The maximum Gasteiger partial charge on any atom is 0.345 e. The molecular formula is C32H35F2N5O5S. The van der Waals surface area contributed by atoms with Gasteiger partial charge in [0.05, 0.1) is 18.7 Å². The number of halogens is 2. The van der Waals surface area contributed by atoms with E-state index in [0.29, 0.717) is 17.1 Å². The molecule has 3 aromatic rings. The van der Waals surface area contributed by atoms with E-state index in [1.807, 2.05) is 18.2 Å². The van der Waals surface area contributed by atoms with Gasteiger partial charge in [-0.15, -0.1) is 11.3 Å². The lowest BCUT2D eigenvalue weighted by Crippen LogP contribution is -2.50. The maximum atomic E-state index is 13.7. The van der Waals surface area contributed by atoms with E-state index >= 15 is 0 Å². The maximum absolute atomic E-state index is 13.7. The number of likely N-dealkylation sites (tertiary alicyclic amines) is 1. The molecule has 2 fully saturated rings. The summed E-state index contributed by atoms with van der Waals surface area (Å²) in [5.41, 5.74) is 6.51. The minimum atomic E-state index is -3.07. The molecule has 1 saturated carbocycles. The molecular weight excluding hydrogens is 604 g/mol. The largest absolute Gasteiger partial charge is 0.457 e. The number of carbonyl (C=O) groups is 3. The Balaban J connectivity index is 1.24. The molecule has 10 nitrogen and oxygen atoms in total. The summed E-state index contributed by atoms with van der Waals surface area (Å²) in [7, 11) is 0. The number of hydrogen-bond acceptors (Lipinski definition) is 7. The first-order valence-corrected chi connectivity index (χ1v) is 15.6. The first-order chi connectivity index (χ1) is 21.7. The van der Waals surface area contributed by atoms with Crippen LogP contribution in [0.5, 0.6) is 11.5 Å². The highest BCUT2D eigenvalue weighted by Crippen LogP contribution is 2.38. The molecule has 2 heterocycles. The summed E-state index contributed by atoms with van der Waals surface area (Å²) in [4.78, 5) is 41.8. The van der Waals surface area contributed by atoms with Crippen molar-refractivity contribution in [2.45, 2.75) is 56.9 Å². The van der Waals surface area contributed by atoms with Gasteiger partial charge in [0, 0.05) is 34.3 Å². The second-order valence-corrected chi connectivity index (χ2v) is 12.1. The van der Waals surface area contributed by atoms with Gasteiger partial charge in [-0.3, -0.25) is 19.8 Å². The van der Waals surface area contributed by atoms with Gasteiger partial charge in [-0.05, 0) is 61.2 Å². The predicted molar refractivity (Wildman–Crippen MR) is 164 cm³/mol. The van der Waals surface area contributed by atoms with Crippen molar-refractivity contribution in [3.63, 3.8) is 0 Å². The topological polar surface area (TPSA) is 147 Å². The molecule has 3 atom stereocenters. The van der Waals surface area contributed by atoms with Crippen LogP contribution in [-0.2, 0) is 14.3 Å². The third-order valence-electron chi connectivity index (χ3n) is 8.08. The molecule has 45 heavy (non-hydrogen) atoms. The zero-order valence-corrected chi connectivity index (χ0v) is 25.2. The number of nitrogen functional groups attached to an aromatic ring is 1. The van der Waals surface area contributed by atoms with Crippen molar-refractivity contribution < 1.29 is 32.6 Å². The average molecular weight is 640 g/mol. The van der Waals surface area contributed by atoms with Crippen molar-refractivity contribution in [1.29, 1.82) is 5.41 Å². The van der Waals surface area contributed by atoms with Crippen molar-refractivity contribution in [1.82, 2.24) is 15.5 Å². The van der Waals surface area contributed by atoms with E-state index in [1.54, 1.807) is 47.8 Å². The van der Waals surface area contributed by atoms with Gasteiger partial charge in [-0.1, -0.05) is 31.0 Å². The van der Waals surface area contributed by atoms with E-state index in [0.717, 1.165) is 30.6 Å². The summed E-state index contributed by atoms with van der Waals surface area (Å²) < 4.78 is 36.7. The SMILES string of the molecule is N=C(N)c1csc([C@H](NC(=O)[C@@H]2C[C@@H](OC(F)F)CN2C(=O)CNC(=O)c2ccc(Oc3ccccc3)cc2)C2CCCC2)c1. The summed E-state index contributed by atoms with van der Waals surface area (Å²) >= 11 is 1.39. The highest BCUT2D eigenvalue weighted by atomic mass is 32.1. The van der Waals surface area contributed by atoms with E-state index in [-0.39, 0.29) is 36.3 Å². The number of hydrogen-bond donors (Lipinski definition) is 4. The number of ether oxygens (including phenoxy) is 2. The lowest BCUT2D eigenvalue weighted by atomic mass is 9.95. The number of amidine groups is 1. The molecule has 2 aliphatic rings. The Bertz CT molecular complexity index is 1500. The smallest absolute Gasteiger partial charge is 0.345 e. The number of thiophene rings is 1. The number of rotatable bonds is 12. The second-order valence-electron chi connectivity index (χ2n) is 11.1. The van der Waals surface area contributed by atoms with E-state index in [4.69, 9.17) is 20.6 Å². The number of amides is 3. The van der Waals surface area contributed by atoms with Gasteiger partial charge >= 0.3 is 6.61 Å². The Morgan fingerprint density at radius 1 is 1.02 bits per heavy atom. The fourth-order valence-corrected chi connectivity index (χ4v) is 6.89. The molecule has 0 spiro atoms. The zero-order chi connectivity index (χ0) is 31.9. The third kappa shape index (κ3) is 8.22. The number of benzene rings is 2. The Morgan fingerprint density at radius 2 is 1.71 bits per heavy atom. The highest BCUT2D eigenvalue weighted by molar-refractivity contribution is 7.10. The van der Waals surface area contributed by atoms with Gasteiger partial charge < -0.3 is 30.7 Å². The number of nitrogens with two attached hydrogens (primary N) is 1. The van der Waals surface area contributed by atoms with Gasteiger partial charge in [0.2, 0.25) is 11.8 Å². The van der Waals surface area contributed by atoms with Crippen molar-refractivity contribution >= 4 is 34.9 Å². The minimum Gasteiger partial charge on any atom is -0.457 e. The lowest BCUT2D eigenvalue weighted by molar-refractivity contribution is -0.160. The second kappa shape index (κ2) is 14.6. The van der Waals surface area contributed by atoms with Crippen molar-refractivity contribution in [2.24, 2.45) is 11.7 Å². The molecule has 2 aromatic carbocycles. The van der Waals surface area contributed by atoms with Crippen molar-refractivity contribution in [2.75, 3.05) is 13.1 Å². The zero-order valence-electron chi connectivity index (χ0n) is 24.4. The summed E-state index contributed by atoms with van der Waals surface area (Å²) in [5, 5.41) is 15.1. The molecule has 1 saturated heterocycles. The molecule has 1 aromatic heterocycles. The number of alkyl halides is 2. The number of nitrogens with zero attached hydrogens (tertiary/aromatic N) is 1. The number of para-hydroxylation sites is 1. The molecule has 5 N–H and O–H groups in total. The van der Waals surface area contributed by atoms with Gasteiger partial charge in [0.1, 0.15) is 23.4 Å². The predicted octanol–water partition coefficient (Wildman–Crippen LogP) is 4.81. The number of nitrogens with one attached hydrogen (secondary N) is 3. The van der Waals surface area contributed by atoms with E-state index < -0.39 is 43.0 Å². The molecule has 0 unspecified atom stereocenters. The molecule has 5 rings (SSSR count). The van der Waals surface area contributed by atoms with Crippen LogP contribution in [0.15, 0.2) is 66.0 Å². The first-order valence-electron chi connectivity index (χ1n) is 14.8. The van der Waals surface area contributed by atoms with Crippen molar-refractivity contribution in [3.8, 4) is 11.5 Å². The fraction of sp³-hybridized carbons (Fsp3) is 0.375. The van der Waals surface area contributed by atoms with Gasteiger partial charge in [-0.2, -0.15) is 8.78 Å². The summed E-state index contributed by atoms with van der Waals surface area (Å²) in [6.45, 7) is -3.72. The molecule has 0 bridgehead atoms. The highest BCUT2D eigenvalue weighted by Gasteiger charge is 2.42. The molecule has 13 heteroatoms. The van der Waals surface area contributed by atoms with Gasteiger partial charge in [0.15, 0.2) is 0 Å². The molecule has 3 amide bonds. The van der Waals surface area contributed by atoms with Crippen LogP contribution in [0.1, 0.15) is 58.9 Å². The van der Waals surface area contributed by atoms with Crippen LogP contribution >= 0.6 is 11.3 Å². The normalized spacial score (nSPS) is 19.0. The summed E-state index contributed by atoms with van der Waals surface area (Å²) in [5.74, 6) is -0.360. The Labute approximate surface area is 263 Å². The molecule has 1 aliphatic carbocycles. The molecule has 1 aliphatic heterocycles. The Hall–Kier alpha value is -4.36. The Kier molecular flexibility index (Phi) is 10.4. The van der Waals surface area contributed by atoms with Crippen LogP contribution in [-0.4, -0.2) is 60.3 Å². The summed E-state index contributed by atoms with van der Waals surface area (Å²) in [6, 6.07) is 15.9. The third-order valence-corrected chi connectivity index (χ3v) is 9.10. The number of carbonyl (C=O) groups excluding carboxylic acids is 3.